The van der Waals surface area contributed by atoms with Crippen molar-refractivity contribution < 1.29 is 9.90 Å². The standard InChI is InChI=1S/C16H34N2O2/c1-14(2)9-8-10-15(3)17-16(20)13-18(4)11-6-5-7-12-19/h14-15,19H,5-13H2,1-4H3,(H,17,20). The Kier molecular flexibility index (Phi) is 11.8. The fraction of sp³-hybridized carbons (Fsp3) is 0.938. The van der Waals surface area contributed by atoms with Crippen LogP contribution in [0.25, 0.3) is 0 Å². The van der Waals surface area contributed by atoms with Gasteiger partial charge in [-0.15, -0.1) is 0 Å². The SMILES string of the molecule is CC(C)CCCC(C)NC(=O)CN(C)CCCCCO. The highest BCUT2D eigenvalue weighted by Crippen LogP contribution is 2.08. The van der Waals surface area contributed by atoms with E-state index in [-0.39, 0.29) is 18.6 Å². The van der Waals surface area contributed by atoms with E-state index in [2.05, 4.69) is 26.1 Å². The van der Waals surface area contributed by atoms with Crippen molar-refractivity contribution in [1.82, 2.24) is 10.2 Å². The molecule has 0 aliphatic carbocycles. The number of likely N-dealkylation sites (N-methyl/N-ethyl adjacent to an activating group) is 1. The van der Waals surface area contributed by atoms with Crippen LogP contribution in [0.5, 0.6) is 0 Å². The molecule has 1 atom stereocenters. The zero-order valence-electron chi connectivity index (χ0n) is 13.8. The Balaban J connectivity index is 3.64. The molecule has 2 N–H and O–H groups in total. The van der Waals surface area contributed by atoms with Crippen LogP contribution in [0.1, 0.15) is 59.3 Å². The minimum absolute atomic E-state index is 0.117. The molecule has 0 bridgehead atoms. The van der Waals surface area contributed by atoms with E-state index < -0.39 is 0 Å². The topological polar surface area (TPSA) is 52.6 Å². The molecular formula is C16H34N2O2. The van der Waals surface area contributed by atoms with Crippen LogP contribution in [0.4, 0.5) is 0 Å². The summed E-state index contributed by atoms with van der Waals surface area (Å²) >= 11 is 0. The highest BCUT2D eigenvalue weighted by molar-refractivity contribution is 5.78. The molecule has 120 valence electrons. The number of nitrogens with zero attached hydrogens (tertiary/aromatic N) is 1. The summed E-state index contributed by atoms with van der Waals surface area (Å²) in [5, 5.41) is 11.8. The lowest BCUT2D eigenvalue weighted by Crippen LogP contribution is -2.40. The van der Waals surface area contributed by atoms with E-state index in [9.17, 15) is 4.79 Å². The molecule has 0 aliphatic rings. The second-order valence-corrected chi connectivity index (χ2v) is 6.32. The van der Waals surface area contributed by atoms with Crippen LogP contribution in [-0.2, 0) is 4.79 Å². The molecule has 4 nitrogen and oxygen atoms in total. The van der Waals surface area contributed by atoms with Gasteiger partial charge in [0.25, 0.3) is 0 Å². The van der Waals surface area contributed by atoms with Crippen molar-refractivity contribution in [3.63, 3.8) is 0 Å². The van der Waals surface area contributed by atoms with Crippen molar-refractivity contribution in [2.45, 2.75) is 65.3 Å². The van der Waals surface area contributed by atoms with Crippen molar-refractivity contribution in [3.8, 4) is 0 Å². The monoisotopic (exact) mass is 286 g/mol. The maximum atomic E-state index is 11.9. The highest BCUT2D eigenvalue weighted by atomic mass is 16.2. The Morgan fingerprint density at radius 1 is 1.10 bits per heavy atom. The predicted molar refractivity (Wildman–Crippen MR) is 84.7 cm³/mol. The van der Waals surface area contributed by atoms with Gasteiger partial charge in [-0.2, -0.15) is 0 Å². The lowest BCUT2D eigenvalue weighted by Gasteiger charge is -2.19. The molecule has 0 spiro atoms. The maximum Gasteiger partial charge on any atom is 0.234 e. The van der Waals surface area contributed by atoms with E-state index >= 15 is 0 Å². The second kappa shape index (κ2) is 12.2. The largest absolute Gasteiger partial charge is 0.396 e. The Bertz CT molecular complexity index is 245. The summed E-state index contributed by atoms with van der Waals surface area (Å²) in [7, 11) is 1.97. The van der Waals surface area contributed by atoms with Crippen molar-refractivity contribution in [2.75, 3.05) is 26.7 Å². The fourth-order valence-corrected chi connectivity index (χ4v) is 2.22. The van der Waals surface area contributed by atoms with Gasteiger partial charge in [0.1, 0.15) is 0 Å². The molecule has 0 aromatic carbocycles. The Morgan fingerprint density at radius 2 is 1.80 bits per heavy atom. The summed E-state index contributed by atoms with van der Waals surface area (Å²) in [4.78, 5) is 13.9. The van der Waals surface area contributed by atoms with Crippen molar-refractivity contribution in [1.29, 1.82) is 0 Å². The molecule has 4 heteroatoms. The van der Waals surface area contributed by atoms with Crippen LogP contribution < -0.4 is 5.32 Å². The number of unbranched alkanes of at least 4 members (excludes halogenated alkanes) is 2. The van der Waals surface area contributed by atoms with Gasteiger partial charge < -0.3 is 10.4 Å². The minimum atomic E-state index is 0.117. The zero-order valence-corrected chi connectivity index (χ0v) is 13.8. The van der Waals surface area contributed by atoms with Gasteiger partial charge in [0.05, 0.1) is 6.54 Å². The van der Waals surface area contributed by atoms with Crippen LogP contribution >= 0.6 is 0 Å². The van der Waals surface area contributed by atoms with E-state index in [1.807, 2.05) is 11.9 Å². The number of rotatable bonds is 12. The lowest BCUT2D eigenvalue weighted by molar-refractivity contribution is -0.122. The summed E-state index contributed by atoms with van der Waals surface area (Å²) in [6, 6.07) is 0.268. The molecule has 0 heterocycles. The molecule has 0 rings (SSSR count). The second-order valence-electron chi connectivity index (χ2n) is 6.32. The average molecular weight is 286 g/mol. The van der Waals surface area contributed by atoms with E-state index in [1.165, 1.54) is 12.8 Å². The quantitative estimate of drug-likeness (QED) is 0.542. The Labute approximate surface area is 124 Å². The van der Waals surface area contributed by atoms with Gasteiger partial charge >= 0.3 is 0 Å². The molecular weight excluding hydrogens is 252 g/mol. The average Bonchev–Trinajstić information content (AvgIpc) is 2.33. The first-order valence-corrected chi connectivity index (χ1v) is 8.04. The van der Waals surface area contributed by atoms with E-state index in [0.29, 0.717) is 6.54 Å². The molecule has 0 radical (unpaired) electrons. The van der Waals surface area contributed by atoms with Crippen LogP contribution in [-0.4, -0.2) is 48.7 Å². The fourth-order valence-electron chi connectivity index (χ4n) is 2.22. The van der Waals surface area contributed by atoms with Gasteiger partial charge in [0.15, 0.2) is 0 Å². The third-order valence-electron chi connectivity index (χ3n) is 3.44. The number of hydrogen-bond acceptors (Lipinski definition) is 3. The Morgan fingerprint density at radius 3 is 2.40 bits per heavy atom. The number of aliphatic hydroxyl groups is 1. The molecule has 0 aromatic heterocycles. The van der Waals surface area contributed by atoms with Crippen LogP contribution in [0.3, 0.4) is 0 Å². The third-order valence-corrected chi connectivity index (χ3v) is 3.44. The number of carbonyl (C=O) groups is 1. The predicted octanol–water partition coefficient (Wildman–Crippen LogP) is 2.41. The summed E-state index contributed by atoms with van der Waals surface area (Å²) < 4.78 is 0. The van der Waals surface area contributed by atoms with Gasteiger partial charge in [0, 0.05) is 12.6 Å². The van der Waals surface area contributed by atoms with Gasteiger partial charge in [-0.25, -0.2) is 0 Å². The first kappa shape index (κ1) is 19.4. The van der Waals surface area contributed by atoms with Crippen molar-refractivity contribution in [2.24, 2.45) is 5.92 Å². The van der Waals surface area contributed by atoms with E-state index in [1.54, 1.807) is 0 Å². The molecule has 0 saturated heterocycles. The number of nitrogens with one attached hydrogen (secondary N) is 1. The number of amides is 1. The van der Waals surface area contributed by atoms with E-state index in [4.69, 9.17) is 5.11 Å². The molecule has 0 aromatic rings. The van der Waals surface area contributed by atoms with Crippen molar-refractivity contribution in [3.05, 3.63) is 0 Å². The van der Waals surface area contributed by atoms with Gasteiger partial charge in [-0.1, -0.05) is 26.7 Å². The first-order valence-electron chi connectivity index (χ1n) is 8.04. The van der Waals surface area contributed by atoms with Crippen molar-refractivity contribution >= 4 is 5.91 Å². The van der Waals surface area contributed by atoms with Gasteiger partial charge in [0.2, 0.25) is 5.91 Å². The van der Waals surface area contributed by atoms with Gasteiger partial charge in [-0.05, 0) is 52.1 Å². The molecule has 1 unspecified atom stereocenters. The summed E-state index contributed by atoms with van der Waals surface area (Å²) in [5.41, 5.74) is 0. The smallest absolute Gasteiger partial charge is 0.234 e. The molecule has 1 amide bonds. The number of carbonyl (C=O) groups excluding carboxylic acids is 1. The zero-order chi connectivity index (χ0) is 15.4. The van der Waals surface area contributed by atoms with Crippen LogP contribution in [0, 0.1) is 5.92 Å². The molecule has 0 aliphatic heterocycles. The first-order chi connectivity index (χ1) is 9.45. The molecule has 0 fully saturated rings. The molecule has 0 saturated carbocycles. The minimum Gasteiger partial charge on any atom is -0.396 e. The number of aliphatic hydroxyl groups excluding tert-OH is 1. The van der Waals surface area contributed by atoms with Crippen LogP contribution in [0.2, 0.25) is 0 Å². The molecule has 20 heavy (non-hydrogen) atoms. The van der Waals surface area contributed by atoms with Crippen LogP contribution in [0.15, 0.2) is 0 Å². The van der Waals surface area contributed by atoms with E-state index in [0.717, 1.165) is 38.1 Å². The van der Waals surface area contributed by atoms with Gasteiger partial charge in [-0.3, -0.25) is 9.69 Å². The third kappa shape index (κ3) is 12.4. The lowest BCUT2D eigenvalue weighted by atomic mass is 10.0. The summed E-state index contributed by atoms with van der Waals surface area (Å²) in [5.74, 6) is 0.856. The summed E-state index contributed by atoms with van der Waals surface area (Å²) in [6.07, 6.45) is 6.38. The summed E-state index contributed by atoms with van der Waals surface area (Å²) in [6.45, 7) is 8.18. The highest BCUT2D eigenvalue weighted by Gasteiger charge is 2.10. The normalized spacial score (nSPS) is 12.9. The number of hydrogen-bond donors (Lipinski definition) is 2. The maximum absolute atomic E-state index is 11.9. The Hall–Kier alpha value is -0.610.